The highest BCUT2D eigenvalue weighted by atomic mass is 32.2. The smallest absolute Gasteiger partial charge is 0.280 e. The van der Waals surface area contributed by atoms with E-state index in [1.165, 1.54) is 11.8 Å². The highest BCUT2D eigenvalue weighted by Gasteiger charge is 2.35. The molecule has 1 fully saturated rings. The number of rotatable bonds is 3. The molecule has 6 heteroatoms. The first-order valence-electron chi connectivity index (χ1n) is 9.14. The number of carbonyl (C=O) groups is 1. The molecular weight excluding hydrogens is 376 g/mol. The van der Waals surface area contributed by atoms with E-state index < -0.39 is 0 Å². The van der Waals surface area contributed by atoms with Crippen molar-refractivity contribution in [3.63, 3.8) is 0 Å². The molecule has 1 saturated heterocycles. The second-order valence-electron chi connectivity index (χ2n) is 8.93. The van der Waals surface area contributed by atoms with Gasteiger partial charge in [-0.05, 0) is 34.6 Å². The van der Waals surface area contributed by atoms with Crippen molar-refractivity contribution < 1.29 is 9.90 Å². The molecule has 0 spiro atoms. The molecule has 0 saturated carbocycles. The fourth-order valence-electron chi connectivity index (χ4n) is 2.93. The third-order valence-corrected chi connectivity index (χ3v) is 5.90. The molecule has 1 amide bonds. The predicted molar refractivity (Wildman–Crippen MR) is 119 cm³/mol. The largest absolute Gasteiger partial charge is 0.507 e. The lowest BCUT2D eigenvalue weighted by Gasteiger charge is -2.28. The Bertz CT molecular complexity index is 766. The zero-order valence-electron chi connectivity index (χ0n) is 17.5. The van der Waals surface area contributed by atoms with Gasteiger partial charge in [0, 0.05) is 24.7 Å². The van der Waals surface area contributed by atoms with Crippen LogP contribution in [0.15, 0.2) is 17.0 Å². The minimum absolute atomic E-state index is 0.1000. The number of hydrogen-bond acceptors (Lipinski definition) is 5. The lowest BCUT2D eigenvalue weighted by molar-refractivity contribution is -0.131. The molecule has 1 N–H and O–H groups in total. The van der Waals surface area contributed by atoms with Crippen molar-refractivity contribution in [3.8, 4) is 5.75 Å². The van der Waals surface area contributed by atoms with E-state index in [0.717, 1.165) is 16.7 Å². The van der Waals surface area contributed by atoms with Gasteiger partial charge in [0.2, 0.25) is 0 Å². The van der Waals surface area contributed by atoms with E-state index >= 15 is 0 Å². The predicted octanol–water partition coefficient (Wildman–Crippen LogP) is 5.06. The third-order valence-electron chi connectivity index (χ3n) is 4.62. The van der Waals surface area contributed by atoms with E-state index in [1.54, 1.807) is 5.01 Å². The van der Waals surface area contributed by atoms with Crippen molar-refractivity contribution in [1.29, 1.82) is 0 Å². The molecule has 4 nitrogen and oxygen atoms in total. The first kappa shape index (κ1) is 21.9. The molecule has 0 unspecified atom stereocenters. The van der Waals surface area contributed by atoms with Gasteiger partial charge < -0.3 is 5.11 Å². The molecule has 1 aliphatic heterocycles. The standard InChI is InChI=1S/C21H30N2O2S2/c1-9-22(8)23-18(25)16(27-19(23)26)12-13-10-14(20(2,3)4)17(24)15(11-13)21(5,6)7/h10-12,24H,9H2,1-8H3. The third kappa shape index (κ3) is 4.55. The van der Waals surface area contributed by atoms with E-state index in [2.05, 4.69) is 41.5 Å². The van der Waals surface area contributed by atoms with Crippen molar-refractivity contribution in [1.82, 2.24) is 10.0 Å². The van der Waals surface area contributed by atoms with Gasteiger partial charge in [0.25, 0.3) is 5.91 Å². The molecular formula is C21H30N2O2S2. The van der Waals surface area contributed by atoms with E-state index in [0.29, 0.717) is 21.5 Å². The van der Waals surface area contributed by atoms with Crippen LogP contribution in [-0.2, 0) is 15.6 Å². The monoisotopic (exact) mass is 406 g/mol. The summed E-state index contributed by atoms with van der Waals surface area (Å²) in [7, 11) is 1.85. The number of nitrogens with zero attached hydrogens (tertiary/aromatic N) is 2. The summed E-state index contributed by atoms with van der Waals surface area (Å²) in [6.45, 7) is 15.1. The SMILES string of the molecule is CCN(C)N1C(=O)C(=Cc2cc(C(C)(C)C)c(O)c(C(C)(C)C)c2)SC1=S. The van der Waals surface area contributed by atoms with Crippen LogP contribution in [0.1, 0.15) is 65.2 Å². The van der Waals surface area contributed by atoms with Crippen LogP contribution < -0.4 is 0 Å². The summed E-state index contributed by atoms with van der Waals surface area (Å²) in [5.41, 5.74) is 2.23. The second-order valence-corrected chi connectivity index (χ2v) is 10.6. The summed E-state index contributed by atoms with van der Waals surface area (Å²) < 4.78 is 0.543. The van der Waals surface area contributed by atoms with Crippen molar-refractivity contribution in [2.24, 2.45) is 0 Å². The Morgan fingerprint density at radius 2 is 1.63 bits per heavy atom. The number of hydrogen-bond donors (Lipinski definition) is 1. The molecule has 0 aromatic heterocycles. The summed E-state index contributed by atoms with van der Waals surface area (Å²) in [6.07, 6.45) is 1.88. The van der Waals surface area contributed by atoms with Crippen LogP contribution >= 0.6 is 24.0 Å². The second kappa shape index (κ2) is 7.57. The van der Waals surface area contributed by atoms with E-state index in [4.69, 9.17) is 12.2 Å². The van der Waals surface area contributed by atoms with Crippen LogP contribution in [0.4, 0.5) is 0 Å². The Hall–Kier alpha value is -1.37. The van der Waals surface area contributed by atoms with Crippen LogP contribution in [-0.4, -0.2) is 38.9 Å². The summed E-state index contributed by atoms with van der Waals surface area (Å²) in [6, 6.07) is 3.95. The molecule has 2 rings (SSSR count). The minimum atomic E-state index is -0.213. The van der Waals surface area contributed by atoms with Crippen molar-refractivity contribution in [2.75, 3.05) is 13.6 Å². The number of phenolic OH excluding ortho intramolecular Hbond substituents is 1. The van der Waals surface area contributed by atoms with Crippen LogP contribution in [0.5, 0.6) is 5.75 Å². The first-order chi connectivity index (χ1) is 12.3. The van der Waals surface area contributed by atoms with Crippen LogP contribution in [0.3, 0.4) is 0 Å². The topological polar surface area (TPSA) is 43.8 Å². The zero-order chi connectivity index (χ0) is 20.7. The summed E-state index contributed by atoms with van der Waals surface area (Å²) >= 11 is 6.71. The molecule has 1 aromatic rings. The highest BCUT2D eigenvalue weighted by Crippen LogP contribution is 2.41. The lowest BCUT2D eigenvalue weighted by atomic mass is 9.78. The molecule has 0 bridgehead atoms. The average Bonchev–Trinajstić information content (AvgIpc) is 2.80. The summed E-state index contributed by atoms with van der Waals surface area (Å²) in [5, 5.41) is 14.2. The number of carbonyl (C=O) groups excluding carboxylic acids is 1. The number of hydrazine groups is 1. The van der Waals surface area contributed by atoms with Gasteiger partial charge in [-0.15, -0.1) is 0 Å². The maximum absolute atomic E-state index is 12.8. The number of thiocarbonyl (C=S) groups is 1. The maximum Gasteiger partial charge on any atom is 0.280 e. The number of thioether (sulfide) groups is 1. The van der Waals surface area contributed by atoms with Crippen LogP contribution in [0.25, 0.3) is 6.08 Å². The quantitative estimate of drug-likeness (QED) is 0.562. The van der Waals surface area contributed by atoms with Crippen LogP contribution in [0, 0.1) is 0 Å². The van der Waals surface area contributed by atoms with Crippen molar-refractivity contribution in [2.45, 2.75) is 59.3 Å². The molecule has 1 aliphatic rings. The Labute approximate surface area is 172 Å². The van der Waals surface area contributed by atoms with Gasteiger partial charge >= 0.3 is 0 Å². The molecule has 0 atom stereocenters. The number of amides is 1. The van der Waals surface area contributed by atoms with Gasteiger partial charge in [0.05, 0.1) is 4.91 Å². The Kier molecular flexibility index (Phi) is 6.15. The highest BCUT2D eigenvalue weighted by molar-refractivity contribution is 8.26. The van der Waals surface area contributed by atoms with E-state index in [1.807, 2.05) is 37.2 Å². The lowest BCUT2D eigenvalue weighted by Crippen LogP contribution is -2.42. The Morgan fingerprint density at radius 1 is 1.15 bits per heavy atom. The molecule has 0 radical (unpaired) electrons. The first-order valence-corrected chi connectivity index (χ1v) is 10.4. The van der Waals surface area contributed by atoms with Gasteiger partial charge in [-0.3, -0.25) is 4.79 Å². The normalized spacial score (nSPS) is 17.5. The van der Waals surface area contributed by atoms with E-state index in [-0.39, 0.29) is 16.7 Å². The fourth-order valence-corrected chi connectivity index (χ4v) is 4.29. The average molecular weight is 407 g/mol. The van der Waals surface area contributed by atoms with Gasteiger partial charge in [-0.25, -0.2) is 10.0 Å². The number of phenols is 1. The molecule has 1 aromatic carbocycles. The molecule has 27 heavy (non-hydrogen) atoms. The maximum atomic E-state index is 12.8. The van der Waals surface area contributed by atoms with Gasteiger partial charge in [-0.2, -0.15) is 0 Å². The zero-order valence-corrected chi connectivity index (χ0v) is 19.1. The van der Waals surface area contributed by atoms with Gasteiger partial charge in [0.1, 0.15) is 5.75 Å². The Balaban J connectivity index is 2.58. The van der Waals surface area contributed by atoms with Crippen molar-refractivity contribution in [3.05, 3.63) is 33.7 Å². The summed E-state index contributed by atoms with van der Waals surface area (Å²) in [4.78, 5) is 13.4. The van der Waals surface area contributed by atoms with Crippen LogP contribution in [0.2, 0.25) is 0 Å². The molecule has 0 aliphatic carbocycles. The minimum Gasteiger partial charge on any atom is -0.507 e. The molecule has 148 valence electrons. The van der Waals surface area contributed by atoms with E-state index in [9.17, 15) is 9.90 Å². The number of aromatic hydroxyl groups is 1. The van der Waals surface area contributed by atoms with Gasteiger partial charge in [0.15, 0.2) is 4.32 Å². The summed E-state index contributed by atoms with van der Waals surface area (Å²) in [5.74, 6) is 0.238. The van der Waals surface area contributed by atoms with Gasteiger partial charge in [-0.1, -0.05) is 72.4 Å². The molecule has 1 heterocycles. The van der Waals surface area contributed by atoms with Crippen molar-refractivity contribution >= 4 is 40.3 Å². The number of benzene rings is 1. The Morgan fingerprint density at radius 3 is 2.04 bits per heavy atom. The fraction of sp³-hybridized carbons (Fsp3) is 0.524.